The van der Waals surface area contributed by atoms with E-state index in [1.54, 1.807) is 0 Å². The van der Waals surface area contributed by atoms with Crippen molar-refractivity contribution in [1.29, 1.82) is 0 Å². The molecule has 40 atom stereocenters. The number of aliphatic hydroxyl groups is 15. The second-order valence-electron chi connectivity index (χ2n) is 29.3. The van der Waals surface area contributed by atoms with Crippen LogP contribution in [0.5, 0.6) is 0 Å². The maximum atomic E-state index is 13.1. The SMILES string of the molecule is CC(=O)N[C@H]1[C@H](O[C@@H]2[C@@H](O)[C@H](O)O[C@H](CO)[C@@H]2O)O[C@H](CS(=O)(=O)O)[C@@H](O[C@@H]2O[C@H](CS(=O)(=O)O)[C@H](O)[C@H](O[C@@H]3O[C@H](CS(=O)(=O)O)[C@@H](O[C@@H]4O[C@H](CS(=O)(=O)O)[C@H](O)[C@H](O[C@@H]5O[C@H](CS(=O)(=O)O)[C@@H](O[C@@H]6O[C@H](CS(=O)(=O)O)[C@H](O)[C@H](O[C@@H]7O[C@H](CS(=O)(=O)O)[C@@H](O)[C@H](O)[C@H]7NC(C)=O)[C@H]6O)[C@H](O)[C@H]5NC(C)=O)[C@H]4O)[C@H](O)[C@H]3NC(C)=O)[C@H]2O)[C@@H]1O. The molecule has 0 aromatic rings. The second-order valence-corrected chi connectivity index (χ2v) is 39.8. The van der Waals surface area contributed by atoms with Crippen molar-refractivity contribution in [3.05, 3.63) is 0 Å². The number of hydrogen-bond donors (Lipinski definition) is 26. The first-order valence-corrected chi connectivity index (χ1v) is 46.8. The quantitative estimate of drug-likeness (QED) is 0.0271. The molecule has 8 fully saturated rings. The van der Waals surface area contributed by atoms with E-state index in [-0.39, 0.29) is 0 Å². The van der Waals surface area contributed by atoms with Gasteiger partial charge in [-0.05, 0) is 0 Å². The number of nitrogens with one attached hydrogen (secondary N) is 4. The molecular formula is C56H94N4O55S7. The Balaban J connectivity index is 1.12. The van der Waals surface area contributed by atoms with E-state index in [2.05, 4.69) is 10.6 Å². The number of ether oxygens (including phenoxy) is 15. The summed E-state index contributed by atoms with van der Waals surface area (Å²) in [5, 5.41) is 180. The molecule has 0 unspecified atom stereocenters. The predicted molar refractivity (Wildman–Crippen MR) is 376 cm³/mol. The summed E-state index contributed by atoms with van der Waals surface area (Å²) in [5.41, 5.74) is 0. The average Bonchev–Trinajstić information content (AvgIpc) is 0.741. The van der Waals surface area contributed by atoms with Crippen molar-refractivity contribution in [2.24, 2.45) is 0 Å². The zero-order chi connectivity index (χ0) is 92.0. The van der Waals surface area contributed by atoms with E-state index in [4.69, 9.17) is 71.1 Å². The van der Waals surface area contributed by atoms with Crippen molar-refractivity contribution in [3.63, 3.8) is 0 Å². The molecule has 4 amide bonds. The third-order valence-corrected chi connectivity index (χ3v) is 24.9. The summed E-state index contributed by atoms with van der Waals surface area (Å²) in [6, 6.07) is -9.19. The highest BCUT2D eigenvalue weighted by atomic mass is 32.2. The Morgan fingerprint density at radius 1 is 0.238 bits per heavy atom. The first-order valence-electron chi connectivity index (χ1n) is 35.5. The maximum Gasteiger partial charge on any atom is 0.267 e. The number of carbonyl (C=O) groups excluding carboxylic acids is 4. The largest absolute Gasteiger partial charge is 0.394 e. The number of rotatable bonds is 33. The Kier molecular flexibility index (Phi) is 34.4. The topological polar surface area (TPSA) is 939 Å². The molecule has 0 aromatic heterocycles. The van der Waals surface area contributed by atoms with Crippen LogP contribution in [0.15, 0.2) is 0 Å². The Morgan fingerprint density at radius 2 is 0.426 bits per heavy atom. The summed E-state index contributed by atoms with van der Waals surface area (Å²) in [6.07, 6.45) is -92.5. The molecule has 0 aromatic carbocycles. The van der Waals surface area contributed by atoms with E-state index in [0.29, 0.717) is 13.8 Å². The molecule has 8 aliphatic rings. The lowest BCUT2D eigenvalue weighted by atomic mass is 9.94. The molecule has 122 heavy (non-hydrogen) atoms. The zero-order valence-corrected chi connectivity index (χ0v) is 68.6. The van der Waals surface area contributed by atoms with Gasteiger partial charge in [-0.15, -0.1) is 0 Å². The van der Waals surface area contributed by atoms with E-state index in [0.717, 1.165) is 13.8 Å². The minimum absolute atomic E-state index is 0.676. The lowest BCUT2D eigenvalue weighted by Gasteiger charge is -2.51. The minimum atomic E-state index is -5.67. The van der Waals surface area contributed by atoms with Crippen LogP contribution in [0, 0.1) is 0 Å². The monoisotopic (exact) mass is 1930 g/mol. The molecule has 0 aliphatic carbocycles. The molecule has 66 heteroatoms. The van der Waals surface area contributed by atoms with Crippen LogP contribution in [-0.4, -0.2) is 483 Å². The highest BCUT2D eigenvalue weighted by Gasteiger charge is 2.62. The molecule has 0 radical (unpaired) electrons. The van der Waals surface area contributed by atoms with Crippen molar-refractivity contribution in [3.8, 4) is 0 Å². The van der Waals surface area contributed by atoms with Gasteiger partial charge < -0.3 is 169 Å². The summed E-state index contributed by atoms with van der Waals surface area (Å²) in [4.78, 5) is 51.2. The molecule has 8 heterocycles. The average molecular weight is 1930 g/mol. The van der Waals surface area contributed by atoms with Crippen molar-refractivity contribution in [1.82, 2.24) is 21.3 Å². The molecule has 8 rings (SSSR count). The Hall–Kier alpha value is -3.95. The van der Waals surface area contributed by atoms with Crippen LogP contribution >= 0.6 is 0 Å². The molecule has 0 saturated carbocycles. The molecule has 710 valence electrons. The standard InChI is InChI=1S/C56H94N4O55S7/c1-13(62)57-25-34(71)29(66)18(6-116(80,81)82)102-50(25)113-46-31(68)19(7-117(83,84)85)103-54(39(46)76)110-43-23(11-121(95,96)97)107-52(27(36(43)73)59-15(3)64)115-48-33(70)21(9-119(89,90)91)105-56(41(48)78)111-44-24(12-122(98,99)100)108-53(28(37(44)74)60-16(4)65)114-47-32(69)20(8-118(86,87)88)104-55(40(47)77)109-42-22(10-120(92,93)94)106-51(26(35(42)72)58-14(2)63)112-45-30(67)17(5-61)101-49(79)38(45)75/h17-56,61,66-79H,5-12H2,1-4H3,(H,57,62)(H,58,63)(H,59,64)(H,60,65)(H,80,81,82)(H,83,84,85)(H,86,87,88)(H,89,90,91)(H,92,93,94)(H,95,96,97)(H,98,99,100)/t17-,18-,19-,20-,21-,22-,23-,24-,25-,26-,27-,28-,29-,30+,31+,32+,33+,34-,35-,36-,37-,38-,39-,40-,41-,42-,43-,44-,45+,46+,47+,48+,49-,50+,51+,52+,53+,54+,55+,56+/m1/s1. The Bertz CT molecular complexity index is 4450. The van der Waals surface area contributed by atoms with Crippen LogP contribution in [0.1, 0.15) is 27.7 Å². The fraction of sp³-hybridized carbons (Fsp3) is 0.929. The van der Waals surface area contributed by atoms with E-state index in [9.17, 15) is 187 Å². The molecule has 0 spiro atoms. The maximum absolute atomic E-state index is 13.1. The van der Waals surface area contributed by atoms with Gasteiger partial charge in [0.15, 0.2) is 50.3 Å². The molecular weight excluding hydrogens is 1830 g/mol. The first-order chi connectivity index (χ1) is 55.8. The van der Waals surface area contributed by atoms with Crippen LogP contribution in [0.4, 0.5) is 0 Å². The summed E-state index contributed by atoms with van der Waals surface area (Å²) >= 11 is 0. The third-order valence-electron chi connectivity index (χ3n) is 19.6. The summed E-state index contributed by atoms with van der Waals surface area (Å²) in [6.45, 7) is 1.90. The van der Waals surface area contributed by atoms with E-state index < -0.39 is 387 Å². The van der Waals surface area contributed by atoms with Gasteiger partial charge in [0, 0.05) is 27.7 Å². The smallest absolute Gasteiger partial charge is 0.267 e. The predicted octanol–water partition coefficient (Wildman–Crippen LogP) is -18.6. The lowest BCUT2D eigenvalue weighted by molar-refractivity contribution is -0.382. The second kappa shape index (κ2) is 40.6. The number of hydrogen-bond acceptors (Lipinski definition) is 48. The van der Waals surface area contributed by atoms with E-state index in [1.165, 1.54) is 0 Å². The third kappa shape index (κ3) is 27.3. The van der Waals surface area contributed by atoms with Gasteiger partial charge in [0.25, 0.3) is 70.8 Å². The first kappa shape index (κ1) is 103. The van der Waals surface area contributed by atoms with Gasteiger partial charge in [0.05, 0.1) is 6.61 Å². The van der Waals surface area contributed by atoms with Crippen molar-refractivity contribution in [2.45, 2.75) is 273 Å². The molecule has 59 nitrogen and oxygen atoms in total. The van der Waals surface area contributed by atoms with E-state index >= 15 is 0 Å². The lowest BCUT2D eigenvalue weighted by Crippen LogP contribution is -2.71. The van der Waals surface area contributed by atoms with Crippen molar-refractivity contribution < 1.29 is 258 Å². The fourth-order valence-electron chi connectivity index (χ4n) is 14.5. The van der Waals surface area contributed by atoms with Crippen LogP contribution in [0.25, 0.3) is 0 Å². The van der Waals surface area contributed by atoms with Gasteiger partial charge >= 0.3 is 0 Å². The molecule has 8 saturated heterocycles. The zero-order valence-electron chi connectivity index (χ0n) is 62.9. The van der Waals surface area contributed by atoms with Crippen LogP contribution in [0.3, 0.4) is 0 Å². The van der Waals surface area contributed by atoms with Gasteiger partial charge in [-0.1, -0.05) is 0 Å². The van der Waals surface area contributed by atoms with Crippen LogP contribution in [-0.2, 0) is 161 Å². The van der Waals surface area contributed by atoms with Crippen LogP contribution < -0.4 is 21.3 Å². The molecule has 26 N–H and O–H groups in total. The Labute approximate surface area is 690 Å². The molecule has 0 bridgehead atoms. The van der Waals surface area contributed by atoms with Gasteiger partial charge in [-0.2, -0.15) is 58.9 Å². The number of aliphatic hydroxyl groups excluding tert-OH is 15. The van der Waals surface area contributed by atoms with Gasteiger partial charge in [-0.3, -0.25) is 51.0 Å². The summed E-state index contributed by atoms with van der Waals surface area (Å²) in [5.74, 6) is -17.2. The van der Waals surface area contributed by atoms with Gasteiger partial charge in [0.2, 0.25) is 23.6 Å². The Morgan fingerprint density at radius 3 is 0.656 bits per heavy atom. The number of amides is 4. The highest BCUT2D eigenvalue weighted by Crippen LogP contribution is 2.41. The van der Waals surface area contributed by atoms with Crippen molar-refractivity contribution in [2.75, 3.05) is 46.9 Å². The fourth-order valence-corrected chi connectivity index (χ4v) is 19.3. The van der Waals surface area contributed by atoms with Gasteiger partial charge in [0.1, 0.15) is 235 Å². The number of carbonyl (C=O) groups is 4. The highest BCUT2D eigenvalue weighted by molar-refractivity contribution is 7.87. The molecule has 8 aliphatic heterocycles. The normalized spacial score (nSPS) is 43.0. The summed E-state index contributed by atoms with van der Waals surface area (Å²) in [7, 11) is -38.3. The van der Waals surface area contributed by atoms with Crippen LogP contribution in [0.2, 0.25) is 0 Å². The van der Waals surface area contributed by atoms with E-state index in [1.807, 2.05) is 10.6 Å². The van der Waals surface area contributed by atoms with Crippen molar-refractivity contribution >= 4 is 94.5 Å². The van der Waals surface area contributed by atoms with Gasteiger partial charge in [-0.25, -0.2) is 0 Å². The minimum Gasteiger partial charge on any atom is -0.394 e. The summed E-state index contributed by atoms with van der Waals surface area (Å²) < 4.78 is 331.